The first-order valence-corrected chi connectivity index (χ1v) is 6.69. The van der Waals surface area contributed by atoms with Crippen molar-refractivity contribution in [2.24, 2.45) is 0 Å². The largest absolute Gasteiger partial charge is 0.416 e. The Labute approximate surface area is 113 Å². The van der Waals surface area contributed by atoms with Gasteiger partial charge >= 0.3 is 6.18 Å². The van der Waals surface area contributed by atoms with Gasteiger partial charge in [-0.2, -0.15) is 13.2 Å². The zero-order chi connectivity index (χ0) is 14.6. The number of carbonyl (C=O) groups excluding carboxylic acids is 1. The predicted octanol–water partition coefficient (Wildman–Crippen LogP) is 2.66. The van der Waals surface area contributed by atoms with E-state index >= 15 is 0 Å². The van der Waals surface area contributed by atoms with Crippen LogP contribution in [0, 0.1) is 6.92 Å². The lowest BCUT2D eigenvalue weighted by molar-refractivity contribution is -0.201. The normalized spacial score (nSPS) is 13.4. The quantitative estimate of drug-likeness (QED) is 0.877. The van der Waals surface area contributed by atoms with Crippen LogP contribution >= 0.6 is 11.3 Å². The molecule has 0 saturated heterocycles. The number of hydrogen-bond acceptors (Lipinski definition) is 3. The van der Waals surface area contributed by atoms with Crippen LogP contribution in [0.25, 0.3) is 0 Å². The summed E-state index contributed by atoms with van der Waals surface area (Å²) >= 11 is 1.25. The van der Waals surface area contributed by atoms with E-state index < -0.39 is 24.7 Å². The van der Waals surface area contributed by atoms with Gasteiger partial charge in [-0.25, -0.2) is 0 Å². The van der Waals surface area contributed by atoms with Gasteiger partial charge in [0.1, 0.15) is 0 Å². The molecule has 0 bridgehead atoms. The molecular formula is C12H16F3NO2S. The van der Waals surface area contributed by atoms with Gasteiger partial charge in [0.2, 0.25) is 0 Å². The first-order chi connectivity index (χ1) is 8.75. The number of carbonyl (C=O) groups is 1. The second kappa shape index (κ2) is 6.38. The number of thiophene rings is 1. The van der Waals surface area contributed by atoms with Crippen LogP contribution < -0.4 is 5.32 Å². The van der Waals surface area contributed by atoms with Gasteiger partial charge in [0.25, 0.3) is 5.91 Å². The van der Waals surface area contributed by atoms with Crippen molar-refractivity contribution >= 4 is 17.2 Å². The summed E-state index contributed by atoms with van der Waals surface area (Å²) in [6, 6.07) is 1.69. The molecule has 1 amide bonds. The van der Waals surface area contributed by atoms with Gasteiger partial charge in [0.05, 0.1) is 11.4 Å². The molecule has 0 radical (unpaired) electrons. The SMILES string of the molecule is CCCc1cc(C(=O)NCC(O)C(F)(F)F)sc1C. The molecule has 1 atom stereocenters. The number of alkyl halides is 3. The fourth-order valence-corrected chi connectivity index (χ4v) is 2.53. The van der Waals surface area contributed by atoms with Gasteiger partial charge in [0, 0.05) is 4.88 Å². The number of aliphatic hydroxyl groups excluding tert-OH is 1. The lowest BCUT2D eigenvalue weighted by Gasteiger charge is -2.14. The van der Waals surface area contributed by atoms with Crippen molar-refractivity contribution in [1.82, 2.24) is 5.32 Å². The van der Waals surface area contributed by atoms with Crippen molar-refractivity contribution in [2.45, 2.75) is 39.0 Å². The second-order valence-electron chi connectivity index (χ2n) is 4.21. The highest BCUT2D eigenvalue weighted by Gasteiger charge is 2.38. The molecule has 19 heavy (non-hydrogen) atoms. The third-order valence-electron chi connectivity index (χ3n) is 2.60. The maximum atomic E-state index is 12.1. The number of halogens is 3. The molecule has 0 aliphatic heterocycles. The highest BCUT2D eigenvalue weighted by atomic mass is 32.1. The fraction of sp³-hybridized carbons (Fsp3) is 0.583. The van der Waals surface area contributed by atoms with E-state index in [0.29, 0.717) is 4.88 Å². The van der Waals surface area contributed by atoms with Crippen LogP contribution in [0.15, 0.2) is 6.07 Å². The Morgan fingerprint density at radius 3 is 2.68 bits per heavy atom. The standard InChI is InChI=1S/C12H16F3NO2S/c1-3-4-8-5-9(19-7(8)2)11(18)16-6-10(17)12(13,14)15/h5,10,17H,3-4,6H2,1-2H3,(H,16,18). The molecule has 0 aliphatic rings. The van der Waals surface area contributed by atoms with E-state index in [1.807, 2.05) is 13.8 Å². The Balaban J connectivity index is 2.61. The van der Waals surface area contributed by atoms with E-state index in [1.54, 1.807) is 6.07 Å². The third-order valence-corrected chi connectivity index (χ3v) is 3.69. The molecule has 1 heterocycles. The number of nitrogens with one attached hydrogen (secondary N) is 1. The molecule has 7 heteroatoms. The summed E-state index contributed by atoms with van der Waals surface area (Å²) < 4.78 is 36.2. The number of amides is 1. The minimum Gasteiger partial charge on any atom is -0.382 e. The fourth-order valence-electron chi connectivity index (χ4n) is 1.54. The van der Waals surface area contributed by atoms with Crippen molar-refractivity contribution in [3.63, 3.8) is 0 Å². The molecule has 0 saturated carbocycles. The third kappa shape index (κ3) is 4.50. The number of aryl methyl sites for hydroxylation is 2. The predicted molar refractivity (Wildman–Crippen MR) is 67.4 cm³/mol. The first-order valence-electron chi connectivity index (χ1n) is 5.88. The van der Waals surface area contributed by atoms with Crippen LogP contribution in [-0.4, -0.2) is 29.8 Å². The Morgan fingerprint density at radius 2 is 2.16 bits per heavy atom. The molecule has 1 rings (SSSR count). The van der Waals surface area contributed by atoms with Crippen LogP contribution in [-0.2, 0) is 6.42 Å². The Morgan fingerprint density at radius 1 is 1.53 bits per heavy atom. The average Bonchev–Trinajstić information content (AvgIpc) is 2.67. The van der Waals surface area contributed by atoms with Crippen molar-refractivity contribution in [3.8, 4) is 0 Å². The van der Waals surface area contributed by atoms with E-state index in [0.717, 1.165) is 23.3 Å². The average molecular weight is 295 g/mol. The van der Waals surface area contributed by atoms with Crippen molar-refractivity contribution in [3.05, 3.63) is 21.4 Å². The van der Waals surface area contributed by atoms with Crippen LogP contribution in [0.5, 0.6) is 0 Å². The zero-order valence-corrected chi connectivity index (χ0v) is 11.5. The van der Waals surface area contributed by atoms with Gasteiger partial charge < -0.3 is 10.4 Å². The van der Waals surface area contributed by atoms with E-state index in [4.69, 9.17) is 5.11 Å². The maximum absolute atomic E-state index is 12.1. The molecule has 0 aliphatic carbocycles. The highest BCUT2D eigenvalue weighted by Crippen LogP contribution is 2.23. The van der Waals surface area contributed by atoms with Gasteiger partial charge in [-0.15, -0.1) is 11.3 Å². The number of hydrogen-bond donors (Lipinski definition) is 2. The molecule has 0 aromatic carbocycles. The number of aliphatic hydroxyl groups is 1. The summed E-state index contributed by atoms with van der Waals surface area (Å²) in [6.07, 6.45) is -5.48. The summed E-state index contributed by atoms with van der Waals surface area (Å²) in [5, 5.41) is 10.9. The van der Waals surface area contributed by atoms with Crippen molar-refractivity contribution < 1.29 is 23.1 Å². The Bertz CT molecular complexity index is 443. The maximum Gasteiger partial charge on any atom is 0.416 e. The first kappa shape index (κ1) is 16.0. The molecule has 108 valence electrons. The van der Waals surface area contributed by atoms with Gasteiger partial charge in [-0.05, 0) is 25.0 Å². The molecule has 0 spiro atoms. The van der Waals surface area contributed by atoms with E-state index in [-0.39, 0.29) is 0 Å². The van der Waals surface area contributed by atoms with Crippen LogP contribution in [0.1, 0.15) is 33.5 Å². The Hall–Kier alpha value is -1.08. The van der Waals surface area contributed by atoms with E-state index in [1.165, 1.54) is 11.3 Å². The van der Waals surface area contributed by atoms with Gasteiger partial charge in [0.15, 0.2) is 6.10 Å². The summed E-state index contributed by atoms with van der Waals surface area (Å²) in [5.74, 6) is -0.584. The molecule has 1 aromatic heterocycles. The van der Waals surface area contributed by atoms with Crippen LogP contribution in [0.2, 0.25) is 0 Å². The number of rotatable bonds is 5. The highest BCUT2D eigenvalue weighted by molar-refractivity contribution is 7.14. The molecular weight excluding hydrogens is 279 g/mol. The van der Waals surface area contributed by atoms with Gasteiger partial charge in [-0.1, -0.05) is 13.3 Å². The minimum absolute atomic E-state index is 0.371. The lowest BCUT2D eigenvalue weighted by Crippen LogP contribution is -2.40. The molecule has 1 aromatic rings. The molecule has 2 N–H and O–H groups in total. The monoisotopic (exact) mass is 295 g/mol. The lowest BCUT2D eigenvalue weighted by atomic mass is 10.1. The molecule has 3 nitrogen and oxygen atoms in total. The minimum atomic E-state index is -4.72. The second-order valence-corrected chi connectivity index (χ2v) is 5.47. The van der Waals surface area contributed by atoms with Crippen LogP contribution in [0.3, 0.4) is 0 Å². The van der Waals surface area contributed by atoms with E-state index in [2.05, 4.69) is 5.32 Å². The Kier molecular flexibility index (Phi) is 5.37. The summed E-state index contributed by atoms with van der Waals surface area (Å²) in [6.45, 7) is 3.05. The summed E-state index contributed by atoms with van der Waals surface area (Å²) in [4.78, 5) is 13.0. The summed E-state index contributed by atoms with van der Waals surface area (Å²) in [7, 11) is 0. The van der Waals surface area contributed by atoms with Crippen molar-refractivity contribution in [1.29, 1.82) is 0 Å². The smallest absolute Gasteiger partial charge is 0.382 e. The topological polar surface area (TPSA) is 49.3 Å². The zero-order valence-electron chi connectivity index (χ0n) is 10.7. The van der Waals surface area contributed by atoms with Gasteiger partial charge in [-0.3, -0.25) is 4.79 Å². The summed E-state index contributed by atoms with van der Waals surface area (Å²) in [5.41, 5.74) is 1.04. The van der Waals surface area contributed by atoms with Crippen LogP contribution in [0.4, 0.5) is 13.2 Å². The van der Waals surface area contributed by atoms with E-state index in [9.17, 15) is 18.0 Å². The molecule has 0 fully saturated rings. The van der Waals surface area contributed by atoms with Crippen molar-refractivity contribution in [2.75, 3.05) is 6.54 Å². The molecule has 1 unspecified atom stereocenters.